The Labute approximate surface area is 164 Å². The lowest BCUT2D eigenvalue weighted by molar-refractivity contribution is -0.123. The van der Waals surface area contributed by atoms with Crippen molar-refractivity contribution in [3.05, 3.63) is 54.6 Å². The van der Waals surface area contributed by atoms with Crippen LogP contribution >= 0.6 is 0 Å². The topological polar surface area (TPSA) is 96.9 Å². The second-order valence-electron chi connectivity index (χ2n) is 7.51. The highest BCUT2D eigenvalue weighted by Crippen LogP contribution is 2.23. The molecule has 28 heavy (non-hydrogen) atoms. The highest BCUT2D eigenvalue weighted by atomic mass is 16.6. The molecule has 0 aliphatic rings. The average Bonchev–Trinajstić information content (AvgIpc) is 2.62. The van der Waals surface area contributed by atoms with Crippen LogP contribution in [0, 0.1) is 0 Å². The molecule has 0 heterocycles. The number of carbonyl (C=O) groups is 2. The van der Waals surface area contributed by atoms with Crippen LogP contribution in [0.15, 0.2) is 54.6 Å². The van der Waals surface area contributed by atoms with Gasteiger partial charge in [0, 0.05) is 5.69 Å². The van der Waals surface area contributed by atoms with Crippen molar-refractivity contribution < 1.29 is 24.2 Å². The van der Waals surface area contributed by atoms with Crippen molar-refractivity contribution >= 4 is 17.7 Å². The van der Waals surface area contributed by atoms with Crippen molar-refractivity contribution in [1.29, 1.82) is 0 Å². The second-order valence-corrected chi connectivity index (χ2v) is 7.51. The van der Waals surface area contributed by atoms with Crippen molar-refractivity contribution in [3.63, 3.8) is 0 Å². The number of nitrogens with one attached hydrogen (secondary N) is 2. The van der Waals surface area contributed by atoms with Crippen LogP contribution < -0.4 is 15.4 Å². The van der Waals surface area contributed by atoms with Gasteiger partial charge in [0.1, 0.15) is 22.6 Å². The normalized spacial score (nSPS) is 13.2. The van der Waals surface area contributed by atoms with Gasteiger partial charge in [0.15, 0.2) is 0 Å². The maximum absolute atomic E-state index is 12.6. The fourth-order valence-corrected chi connectivity index (χ4v) is 2.20. The number of benzene rings is 2. The summed E-state index contributed by atoms with van der Waals surface area (Å²) in [5, 5.41) is 14.7. The zero-order valence-corrected chi connectivity index (χ0v) is 16.5. The van der Waals surface area contributed by atoms with Gasteiger partial charge in [-0.05, 0) is 64.1 Å². The minimum atomic E-state index is -1.54. The Morgan fingerprint density at radius 1 is 0.929 bits per heavy atom. The first-order valence-corrected chi connectivity index (χ1v) is 8.88. The highest BCUT2D eigenvalue weighted by molar-refractivity contribution is 5.99. The Kier molecular flexibility index (Phi) is 6.64. The minimum Gasteiger partial charge on any atom is -0.457 e. The van der Waals surface area contributed by atoms with Gasteiger partial charge in [-0.15, -0.1) is 0 Å². The van der Waals surface area contributed by atoms with E-state index in [1.165, 1.54) is 6.92 Å². The van der Waals surface area contributed by atoms with E-state index in [0.29, 0.717) is 17.2 Å². The van der Waals surface area contributed by atoms with E-state index in [-0.39, 0.29) is 0 Å². The lowest BCUT2D eigenvalue weighted by Gasteiger charge is -2.29. The first-order valence-electron chi connectivity index (χ1n) is 8.88. The molecule has 7 heteroatoms. The summed E-state index contributed by atoms with van der Waals surface area (Å²) in [6, 6.07) is 16.1. The number of hydrogen-bond donors (Lipinski definition) is 3. The molecule has 0 radical (unpaired) electrons. The Balaban J connectivity index is 2.00. The fourth-order valence-electron chi connectivity index (χ4n) is 2.20. The summed E-state index contributed by atoms with van der Waals surface area (Å²) in [5.74, 6) is 0.743. The number of aliphatic hydroxyl groups is 1. The number of hydrogen-bond acceptors (Lipinski definition) is 5. The van der Waals surface area contributed by atoms with Crippen molar-refractivity contribution in [3.8, 4) is 11.5 Å². The number of amides is 2. The SMILES string of the molecule is CC(C)(C)OC(=O)N[C@@](C)(CO)C(=O)Nc1ccc(Oc2ccccc2)cc1. The lowest BCUT2D eigenvalue weighted by atomic mass is 10.0. The standard InChI is InChI=1S/C21H26N2O5/c1-20(2,3)28-19(26)23-21(4,14-24)18(25)22-15-10-12-17(13-11-15)27-16-8-6-5-7-9-16/h5-13,24H,14H2,1-4H3,(H,22,25)(H,23,26)/t21-/m0/s1. The van der Waals surface area contributed by atoms with Gasteiger partial charge in [0.05, 0.1) is 6.61 Å². The summed E-state index contributed by atoms with van der Waals surface area (Å²) in [7, 11) is 0. The molecule has 0 saturated heterocycles. The van der Waals surface area contributed by atoms with Crippen LogP contribution in [0.25, 0.3) is 0 Å². The van der Waals surface area contributed by atoms with E-state index in [1.54, 1.807) is 45.0 Å². The Morgan fingerprint density at radius 2 is 1.50 bits per heavy atom. The number of anilines is 1. The summed E-state index contributed by atoms with van der Waals surface area (Å²) in [4.78, 5) is 24.5. The molecule has 2 rings (SSSR count). The average molecular weight is 386 g/mol. The molecule has 150 valence electrons. The predicted octanol–water partition coefficient (Wildman–Crippen LogP) is 3.69. The number of rotatable bonds is 6. The van der Waals surface area contributed by atoms with Gasteiger partial charge in [0.2, 0.25) is 0 Å². The quantitative estimate of drug-likeness (QED) is 0.703. The molecule has 7 nitrogen and oxygen atoms in total. The van der Waals surface area contributed by atoms with Gasteiger partial charge in [-0.1, -0.05) is 18.2 Å². The number of carbonyl (C=O) groups excluding carboxylic acids is 2. The minimum absolute atomic E-state index is 0.496. The summed E-state index contributed by atoms with van der Waals surface area (Å²) >= 11 is 0. The zero-order chi connectivity index (χ0) is 20.8. The molecular formula is C21H26N2O5. The molecule has 0 spiro atoms. The summed E-state index contributed by atoms with van der Waals surface area (Å²) in [6.07, 6.45) is -0.786. The monoisotopic (exact) mass is 386 g/mol. The van der Waals surface area contributed by atoms with Crippen LogP contribution in [0.3, 0.4) is 0 Å². The van der Waals surface area contributed by atoms with Crippen molar-refractivity contribution in [2.75, 3.05) is 11.9 Å². The number of ether oxygens (including phenoxy) is 2. The summed E-state index contributed by atoms with van der Waals surface area (Å²) in [6.45, 7) is 5.96. The maximum atomic E-state index is 12.6. The zero-order valence-electron chi connectivity index (χ0n) is 16.5. The third-order valence-electron chi connectivity index (χ3n) is 3.69. The molecule has 2 amide bonds. The number of aliphatic hydroxyl groups excluding tert-OH is 1. The van der Waals surface area contributed by atoms with Gasteiger partial charge < -0.3 is 25.2 Å². The van der Waals surface area contributed by atoms with E-state index in [0.717, 1.165) is 0 Å². The van der Waals surface area contributed by atoms with E-state index in [1.807, 2.05) is 30.3 Å². The number of para-hydroxylation sites is 1. The molecule has 2 aromatic carbocycles. The molecule has 0 fully saturated rings. The molecule has 0 unspecified atom stereocenters. The molecule has 0 aliphatic carbocycles. The van der Waals surface area contributed by atoms with Gasteiger partial charge >= 0.3 is 6.09 Å². The van der Waals surface area contributed by atoms with Crippen LogP contribution in [0.1, 0.15) is 27.7 Å². The summed E-state index contributed by atoms with van der Waals surface area (Å²) in [5.41, 5.74) is -1.76. The molecule has 2 aromatic rings. The largest absolute Gasteiger partial charge is 0.457 e. The van der Waals surface area contributed by atoms with Crippen molar-refractivity contribution in [2.45, 2.75) is 38.8 Å². The predicted molar refractivity (Wildman–Crippen MR) is 106 cm³/mol. The van der Waals surface area contributed by atoms with Gasteiger partial charge in [-0.25, -0.2) is 4.79 Å². The fraction of sp³-hybridized carbons (Fsp3) is 0.333. The second kappa shape index (κ2) is 8.75. The molecule has 0 aromatic heterocycles. The van der Waals surface area contributed by atoms with Gasteiger partial charge in [-0.2, -0.15) is 0 Å². The number of alkyl carbamates (subject to hydrolysis) is 1. The van der Waals surface area contributed by atoms with Crippen molar-refractivity contribution in [2.24, 2.45) is 0 Å². The van der Waals surface area contributed by atoms with Crippen LogP contribution in [0.5, 0.6) is 11.5 Å². The van der Waals surface area contributed by atoms with Gasteiger partial charge in [-0.3, -0.25) is 4.79 Å². The Hall–Kier alpha value is -3.06. The van der Waals surface area contributed by atoms with Crippen LogP contribution in [0.4, 0.5) is 10.5 Å². The van der Waals surface area contributed by atoms with E-state index in [9.17, 15) is 14.7 Å². The Morgan fingerprint density at radius 3 is 2.04 bits per heavy atom. The Bertz CT molecular complexity index is 800. The third kappa shape index (κ3) is 6.28. The first kappa shape index (κ1) is 21.2. The molecule has 0 aliphatic heterocycles. The molecule has 1 atom stereocenters. The molecule has 0 saturated carbocycles. The van der Waals surface area contributed by atoms with E-state index in [2.05, 4.69) is 10.6 Å². The smallest absolute Gasteiger partial charge is 0.408 e. The van der Waals surface area contributed by atoms with E-state index >= 15 is 0 Å². The maximum Gasteiger partial charge on any atom is 0.408 e. The van der Waals surface area contributed by atoms with E-state index < -0.39 is 29.7 Å². The van der Waals surface area contributed by atoms with Gasteiger partial charge in [0.25, 0.3) is 5.91 Å². The third-order valence-corrected chi connectivity index (χ3v) is 3.69. The molecule has 0 bridgehead atoms. The summed E-state index contributed by atoms with van der Waals surface area (Å²) < 4.78 is 10.8. The van der Waals surface area contributed by atoms with Crippen LogP contribution in [-0.2, 0) is 9.53 Å². The van der Waals surface area contributed by atoms with E-state index in [4.69, 9.17) is 9.47 Å². The molecular weight excluding hydrogens is 360 g/mol. The highest BCUT2D eigenvalue weighted by Gasteiger charge is 2.36. The first-order chi connectivity index (χ1) is 13.1. The lowest BCUT2D eigenvalue weighted by Crippen LogP contribution is -2.58. The van der Waals surface area contributed by atoms with Crippen molar-refractivity contribution in [1.82, 2.24) is 5.32 Å². The van der Waals surface area contributed by atoms with Crippen LogP contribution in [0.2, 0.25) is 0 Å². The van der Waals surface area contributed by atoms with Crippen LogP contribution in [-0.4, -0.2) is 34.9 Å². The molecule has 3 N–H and O–H groups in total.